The lowest BCUT2D eigenvalue weighted by atomic mass is 10.2. The summed E-state index contributed by atoms with van der Waals surface area (Å²) in [6.07, 6.45) is 2.85. The maximum Gasteiger partial charge on any atom is 0.211 e. The normalized spacial score (nSPS) is 11.4. The van der Waals surface area contributed by atoms with Gasteiger partial charge < -0.3 is 0 Å². The summed E-state index contributed by atoms with van der Waals surface area (Å²) < 4.78 is 1.77. The number of rotatable bonds is 2. The number of nitrogens with zero attached hydrogens (tertiary/aromatic N) is 3. The summed E-state index contributed by atoms with van der Waals surface area (Å²) in [6.45, 7) is 4.98. The smallest absolute Gasteiger partial charge is 0.211 e. The first kappa shape index (κ1) is 8.93. The number of fused-ring (bicyclic) bond motifs is 1. The molecule has 5 nitrogen and oxygen atoms in total. The van der Waals surface area contributed by atoms with Crippen molar-refractivity contribution in [1.82, 2.24) is 20.0 Å². The van der Waals surface area contributed by atoms with Crippen molar-refractivity contribution in [3.63, 3.8) is 0 Å². The van der Waals surface area contributed by atoms with E-state index in [1.807, 2.05) is 0 Å². The highest BCUT2D eigenvalue weighted by Crippen LogP contribution is 2.06. The predicted molar refractivity (Wildman–Crippen MR) is 53.0 cm³/mol. The number of aromatic nitrogens is 4. The lowest BCUT2D eigenvalue weighted by molar-refractivity contribution is 0.491. The van der Waals surface area contributed by atoms with Crippen molar-refractivity contribution in [3.8, 4) is 0 Å². The highest BCUT2D eigenvalue weighted by Gasteiger charge is 2.06. The van der Waals surface area contributed by atoms with Gasteiger partial charge in [-0.15, -0.1) is 0 Å². The lowest BCUT2D eigenvalue weighted by Gasteiger charge is -2.04. The fourth-order valence-corrected chi connectivity index (χ4v) is 1.39. The zero-order valence-corrected chi connectivity index (χ0v) is 8.19. The molecule has 0 aliphatic heterocycles. The van der Waals surface area contributed by atoms with Crippen molar-refractivity contribution in [2.75, 3.05) is 0 Å². The van der Waals surface area contributed by atoms with E-state index in [0.717, 1.165) is 6.54 Å². The van der Waals surface area contributed by atoms with E-state index in [2.05, 4.69) is 29.1 Å². The number of hydrogen-bond donors (Lipinski definition) is 1. The molecule has 0 saturated carbocycles. The third-order valence-corrected chi connectivity index (χ3v) is 2.00. The Kier molecular flexibility index (Phi) is 2.07. The Morgan fingerprint density at radius 1 is 1.50 bits per heavy atom. The average Bonchev–Trinajstić information content (AvgIpc) is 2.49. The van der Waals surface area contributed by atoms with E-state index < -0.39 is 0 Å². The molecule has 0 spiro atoms. The molecule has 0 aliphatic carbocycles. The first-order valence-corrected chi connectivity index (χ1v) is 4.57. The largest absolute Gasteiger partial charge is 0.287 e. The summed E-state index contributed by atoms with van der Waals surface area (Å²) in [5.41, 5.74) is 0.611. The van der Waals surface area contributed by atoms with Gasteiger partial charge in [0.15, 0.2) is 5.65 Å². The van der Waals surface area contributed by atoms with Gasteiger partial charge in [-0.1, -0.05) is 13.8 Å². The summed E-state index contributed by atoms with van der Waals surface area (Å²) in [4.78, 5) is 11.3. The second-order valence-electron chi connectivity index (χ2n) is 3.72. The van der Waals surface area contributed by atoms with Crippen LogP contribution in [0.25, 0.3) is 11.0 Å². The van der Waals surface area contributed by atoms with E-state index in [4.69, 9.17) is 0 Å². The van der Waals surface area contributed by atoms with Crippen molar-refractivity contribution in [1.29, 1.82) is 0 Å². The maximum atomic E-state index is 11.3. The number of hydrogen-bond acceptors (Lipinski definition) is 3. The van der Waals surface area contributed by atoms with Gasteiger partial charge in [-0.25, -0.2) is 4.68 Å². The van der Waals surface area contributed by atoms with E-state index in [-0.39, 0.29) is 5.43 Å². The molecular weight excluding hydrogens is 180 g/mol. The summed E-state index contributed by atoms with van der Waals surface area (Å²) in [5.74, 6) is 0.488. The third-order valence-electron chi connectivity index (χ3n) is 2.00. The lowest BCUT2D eigenvalue weighted by Crippen LogP contribution is -2.09. The number of H-pyrrole nitrogens is 1. The van der Waals surface area contributed by atoms with Crippen molar-refractivity contribution in [2.24, 2.45) is 5.92 Å². The van der Waals surface area contributed by atoms with Crippen LogP contribution >= 0.6 is 0 Å². The minimum atomic E-state index is -0.0891. The summed E-state index contributed by atoms with van der Waals surface area (Å²) in [6, 6.07) is 0. The van der Waals surface area contributed by atoms with Crippen molar-refractivity contribution < 1.29 is 0 Å². The second-order valence-corrected chi connectivity index (χ2v) is 3.72. The van der Waals surface area contributed by atoms with E-state index in [9.17, 15) is 4.79 Å². The Balaban J connectivity index is 2.58. The SMILES string of the molecule is CC(C)Cn1ncc2c(=O)cn[nH]c21. The van der Waals surface area contributed by atoms with Crippen LogP contribution in [0.15, 0.2) is 17.2 Å². The van der Waals surface area contributed by atoms with E-state index in [0.29, 0.717) is 17.0 Å². The molecule has 0 aliphatic rings. The number of aromatic amines is 1. The number of nitrogens with one attached hydrogen (secondary N) is 1. The molecule has 0 saturated heterocycles. The molecule has 2 aromatic heterocycles. The van der Waals surface area contributed by atoms with Crippen molar-refractivity contribution >= 4 is 11.0 Å². The van der Waals surface area contributed by atoms with Crippen LogP contribution < -0.4 is 5.43 Å². The molecule has 1 N–H and O–H groups in total. The van der Waals surface area contributed by atoms with Gasteiger partial charge in [0.2, 0.25) is 5.43 Å². The molecule has 0 aromatic carbocycles. The fraction of sp³-hybridized carbons (Fsp3) is 0.444. The predicted octanol–water partition coefficient (Wildman–Crippen LogP) is 0.776. The Morgan fingerprint density at radius 2 is 2.29 bits per heavy atom. The molecule has 14 heavy (non-hydrogen) atoms. The summed E-state index contributed by atoms with van der Waals surface area (Å²) in [5, 5.41) is 11.3. The van der Waals surface area contributed by atoms with Gasteiger partial charge in [0.1, 0.15) is 0 Å². The second kappa shape index (κ2) is 3.25. The van der Waals surface area contributed by atoms with Gasteiger partial charge in [0.05, 0.1) is 17.8 Å². The van der Waals surface area contributed by atoms with Crippen LogP contribution in [0.4, 0.5) is 0 Å². The fourth-order valence-electron chi connectivity index (χ4n) is 1.39. The summed E-state index contributed by atoms with van der Waals surface area (Å²) >= 11 is 0. The van der Waals surface area contributed by atoms with Crippen LogP contribution in [-0.4, -0.2) is 20.0 Å². The highest BCUT2D eigenvalue weighted by molar-refractivity contribution is 5.72. The van der Waals surface area contributed by atoms with Gasteiger partial charge in [0.25, 0.3) is 0 Å². The molecule has 0 unspecified atom stereocenters. The Bertz CT molecular complexity index is 497. The van der Waals surface area contributed by atoms with Gasteiger partial charge in [-0.2, -0.15) is 10.2 Å². The molecule has 0 amide bonds. The van der Waals surface area contributed by atoms with Crippen LogP contribution in [0, 0.1) is 5.92 Å². The molecule has 74 valence electrons. The third kappa shape index (κ3) is 1.41. The maximum absolute atomic E-state index is 11.3. The van der Waals surface area contributed by atoms with E-state index in [1.165, 1.54) is 6.20 Å². The van der Waals surface area contributed by atoms with Crippen molar-refractivity contribution in [3.05, 3.63) is 22.6 Å². The van der Waals surface area contributed by atoms with Crippen LogP contribution in [0.5, 0.6) is 0 Å². The molecule has 0 radical (unpaired) electrons. The van der Waals surface area contributed by atoms with Gasteiger partial charge >= 0.3 is 0 Å². The first-order valence-electron chi connectivity index (χ1n) is 4.57. The molecule has 0 fully saturated rings. The minimum Gasteiger partial charge on any atom is -0.287 e. The Labute approximate surface area is 80.7 Å². The monoisotopic (exact) mass is 192 g/mol. The molecule has 0 bridgehead atoms. The van der Waals surface area contributed by atoms with Gasteiger partial charge in [-0.05, 0) is 5.92 Å². The molecule has 0 atom stereocenters. The van der Waals surface area contributed by atoms with Crippen LogP contribution in [0.3, 0.4) is 0 Å². The highest BCUT2D eigenvalue weighted by atomic mass is 16.1. The first-order chi connectivity index (χ1) is 6.68. The van der Waals surface area contributed by atoms with Gasteiger partial charge in [-0.3, -0.25) is 9.89 Å². The van der Waals surface area contributed by atoms with Crippen LogP contribution in [-0.2, 0) is 6.54 Å². The van der Waals surface area contributed by atoms with Crippen LogP contribution in [0.1, 0.15) is 13.8 Å². The summed E-state index contributed by atoms with van der Waals surface area (Å²) in [7, 11) is 0. The quantitative estimate of drug-likeness (QED) is 0.764. The molecule has 2 rings (SSSR count). The average molecular weight is 192 g/mol. The van der Waals surface area contributed by atoms with E-state index in [1.54, 1.807) is 10.9 Å². The van der Waals surface area contributed by atoms with Crippen LogP contribution in [0.2, 0.25) is 0 Å². The topological polar surface area (TPSA) is 63.6 Å². The standard InChI is InChI=1S/C9H12N4O/c1-6(2)5-13-9-7(3-11-13)8(14)4-10-12-9/h3-4,6H,5H2,1-2H3,(H,12,14). The zero-order valence-electron chi connectivity index (χ0n) is 8.19. The minimum absolute atomic E-state index is 0.0891. The molecule has 5 heteroatoms. The Hall–Kier alpha value is -1.65. The Morgan fingerprint density at radius 3 is 3.00 bits per heavy atom. The molecule has 2 heterocycles. The molecule has 2 aromatic rings. The van der Waals surface area contributed by atoms with E-state index >= 15 is 0 Å². The zero-order chi connectivity index (χ0) is 10.1. The molecular formula is C9H12N4O. The van der Waals surface area contributed by atoms with Gasteiger partial charge in [0, 0.05) is 6.54 Å². The van der Waals surface area contributed by atoms with Crippen molar-refractivity contribution in [2.45, 2.75) is 20.4 Å².